The average molecular weight is 421 g/mol. The number of amides is 1. The number of aromatic amines is 1. The van der Waals surface area contributed by atoms with Crippen LogP contribution in [0.5, 0.6) is 0 Å². The van der Waals surface area contributed by atoms with Gasteiger partial charge in [0, 0.05) is 11.9 Å². The molecule has 0 saturated heterocycles. The van der Waals surface area contributed by atoms with Gasteiger partial charge >= 0.3 is 0 Å². The Hall–Kier alpha value is -2.59. The lowest BCUT2D eigenvalue weighted by Crippen LogP contribution is -2.37. The molecule has 1 fully saturated rings. The highest BCUT2D eigenvalue weighted by atomic mass is 32.2. The minimum absolute atomic E-state index is 0.0461. The van der Waals surface area contributed by atoms with Crippen LogP contribution in [0.2, 0.25) is 0 Å². The van der Waals surface area contributed by atoms with E-state index in [9.17, 15) is 13.2 Å². The Morgan fingerprint density at radius 1 is 1.31 bits per heavy atom. The Bertz CT molecular complexity index is 966. The SMILES string of the molecule is Cc1ccc(S(N)(=O)=O)cc1NC(=O)[C@@H](CC1CCCCC1)Nc1c[nH]c(N)n1. The third kappa shape index (κ3) is 5.70. The fourth-order valence-electron chi connectivity index (χ4n) is 3.71. The maximum absolute atomic E-state index is 13.1. The zero-order valence-corrected chi connectivity index (χ0v) is 17.3. The van der Waals surface area contributed by atoms with Gasteiger partial charge in [-0.1, -0.05) is 38.2 Å². The topological polar surface area (TPSA) is 156 Å². The summed E-state index contributed by atoms with van der Waals surface area (Å²) in [5, 5.41) is 11.2. The van der Waals surface area contributed by atoms with Crippen molar-refractivity contribution >= 4 is 33.4 Å². The quantitative estimate of drug-likeness (QED) is 0.463. The number of aromatic nitrogens is 2. The number of primary sulfonamides is 1. The van der Waals surface area contributed by atoms with E-state index in [-0.39, 0.29) is 16.8 Å². The van der Waals surface area contributed by atoms with Crippen molar-refractivity contribution < 1.29 is 13.2 Å². The number of sulfonamides is 1. The van der Waals surface area contributed by atoms with Crippen LogP contribution >= 0.6 is 0 Å². The predicted octanol–water partition coefficient (Wildman–Crippen LogP) is 2.34. The van der Waals surface area contributed by atoms with Crippen molar-refractivity contribution in [1.29, 1.82) is 0 Å². The Morgan fingerprint density at radius 2 is 2.03 bits per heavy atom. The van der Waals surface area contributed by atoms with Gasteiger partial charge in [-0.3, -0.25) is 4.79 Å². The van der Waals surface area contributed by atoms with Crippen LogP contribution in [0.4, 0.5) is 17.5 Å². The number of nitrogens with zero attached hydrogens (tertiary/aromatic N) is 1. The standard InChI is InChI=1S/C19H28N6O3S/c1-12-7-8-14(29(21,27)28)10-15(12)24-18(26)16(9-13-5-3-2-4-6-13)23-17-11-22-19(20)25-17/h7-8,10-11,13,16,23H,2-6,9H2,1H3,(H,24,26)(H3,20,22,25)(H2,21,27,28)/t16-/m1/s1. The number of anilines is 3. The summed E-state index contributed by atoms with van der Waals surface area (Å²) in [5.74, 6) is 0.946. The number of carbonyl (C=O) groups excluding carboxylic acids is 1. The molecule has 1 atom stereocenters. The van der Waals surface area contributed by atoms with Crippen LogP contribution in [0, 0.1) is 12.8 Å². The lowest BCUT2D eigenvalue weighted by Gasteiger charge is -2.27. The highest BCUT2D eigenvalue weighted by molar-refractivity contribution is 7.89. The van der Waals surface area contributed by atoms with Crippen molar-refractivity contribution in [2.45, 2.75) is 56.4 Å². The summed E-state index contributed by atoms with van der Waals surface area (Å²) in [4.78, 5) is 20.0. The van der Waals surface area contributed by atoms with E-state index in [4.69, 9.17) is 10.9 Å². The van der Waals surface area contributed by atoms with Crippen LogP contribution in [-0.2, 0) is 14.8 Å². The van der Waals surface area contributed by atoms with Crippen molar-refractivity contribution in [1.82, 2.24) is 9.97 Å². The molecule has 0 bridgehead atoms. The molecule has 1 aliphatic carbocycles. The molecule has 7 N–H and O–H groups in total. The summed E-state index contributed by atoms with van der Waals surface area (Å²) in [6, 6.07) is 3.89. The van der Waals surface area contributed by atoms with Gasteiger partial charge in [0.15, 0.2) is 5.95 Å². The molecule has 158 valence electrons. The zero-order valence-electron chi connectivity index (χ0n) is 16.4. The third-order valence-electron chi connectivity index (χ3n) is 5.33. The predicted molar refractivity (Wildman–Crippen MR) is 113 cm³/mol. The average Bonchev–Trinajstić information content (AvgIpc) is 3.07. The second kappa shape index (κ2) is 8.83. The number of carbonyl (C=O) groups is 1. The molecule has 0 radical (unpaired) electrons. The van der Waals surface area contributed by atoms with E-state index in [1.807, 2.05) is 0 Å². The largest absolute Gasteiger partial charge is 0.369 e. The molecule has 0 aliphatic heterocycles. The molecule has 1 aromatic heterocycles. The smallest absolute Gasteiger partial charge is 0.246 e. The van der Waals surface area contributed by atoms with Crippen LogP contribution in [0.1, 0.15) is 44.1 Å². The molecule has 10 heteroatoms. The maximum atomic E-state index is 13.1. The van der Waals surface area contributed by atoms with Crippen molar-refractivity contribution in [3.05, 3.63) is 30.0 Å². The number of imidazole rings is 1. The van der Waals surface area contributed by atoms with Crippen molar-refractivity contribution in [2.24, 2.45) is 11.1 Å². The number of aryl methyl sites for hydroxylation is 1. The highest BCUT2D eigenvalue weighted by Crippen LogP contribution is 2.29. The molecule has 2 aromatic rings. The molecular formula is C19H28N6O3S. The zero-order chi connectivity index (χ0) is 21.0. The summed E-state index contributed by atoms with van der Waals surface area (Å²) < 4.78 is 23.3. The van der Waals surface area contributed by atoms with Gasteiger partial charge in [0.2, 0.25) is 15.9 Å². The van der Waals surface area contributed by atoms with E-state index in [1.54, 1.807) is 19.2 Å². The Morgan fingerprint density at radius 3 is 2.66 bits per heavy atom. The van der Waals surface area contributed by atoms with Gasteiger partial charge in [-0.05, 0) is 37.0 Å². The molecule has 1 saturated carbocycles. The van der Waals surface area contributed by atoms with Crippen LogP contribution in [0.25, 0.3) is 0 Å². The first-order chi connectivity index (χ1) is 13.7. The first kappa shape index (κ1) is 21.1. The third-order valence-corrected chi connectivity index (χ3v) is 6.24. The van der Waals surface area contributed by atoms with Gasteiger partial charge in [-0.25, -0.2) is 13.6 Å². The van der Waals surface area contributed by atoms with Crippen LogP contribution in [-0.4, -0.2) is 30.3 Å². The van der Waals surface area contributed by atoms with Crippen LogP contribution < -0.4 is 21.5 Å². The summed E-state index contributed by atoms with van der Waals surface area (Å²) in [6.07, 6.45) is 8.03. The van der Waals surface area contributed by atoms with Gasteiger partial charge in [0.05, 0.1) is 4.90 Å². The number of benzene rings is 1. The Kier molecular flexibility index (Phi) is 6.43. The Labute approximate surface area is 170 Å². The molecular weight excluding hydrogens is 392 g/mol. The highest BCUT2D eigenvalue weighted by Gasteiger charge is 2.26. The van der Waals surface area contributed by atoms with E-state index in [0.717, 1.165) is 18.4 Å². The van der Waals surface area contributed by atoms with Gasteiger partial charge in [0.1, 0.15) is 11.9 Å². The van der Waals surface area contributed by atoms with E-state index < -0.39 is 16.1 Å². The van der Waals surface area contributed by atoms with Crippen LogP contribution in [0.3, 0.4) is 0 Å². The summed E-state index contributed by atoms with van der Waals surface area (Å²) in [6.45, 7) is 1.79. The van der Waals surface area contributed by atoms with E-state index in [1.165, 1.54) is 31.4 Å². The van der Waals surface area contributed by atoms with E-state index in [0.29, 0.717) is 23.8 Å². The molecule has 1 heterocycles. The summed E-state index contributed by atoms with van der Waals surface area (Å²) in [5.41, 5.74) is 6.80. The van der Waals surface area contributed by atoms with Gasteiger partial charge in [-0.2, -0.15) is 4.98 Å². The fourth-order valence-corrected chi connectivity index (χ4v) is 4.25. The van der Waals surface area contributed by atoms with Crippen molar-refractivity contribution in [2.75, 3.05) is 16.4 Å². The number of nitrogens with one attached hydrogen (secondary N) is 3. The van der Waals surface area contributed by atoms with E-state index >= 15 is 0 Å². The van der Waals surface area contributed by atoms with E-state index in [2.05, 4.69) is 20.6 Å². The molecule has 1 amide bonds. The minimum Gasteiger partial charge on any atom is -0.369 e. The number of rotatable bonds is 7. The molecule has 1 aliphatic rings. The lowest BCUT2D eigenvalue weighted by atomic mass is 9.84. The molecule has 0 spiro atoms. The number of hydrogen-bond acceptors (Lipinski definition) is 6. The van der Waals surface area contributed by atoms with Gasteiger partial charge in [-0.15, -0.1) is 0 Å². The summed E-state index contributed by atoms with van der Waals surface area (Å²) in [7, 11) is -3.86. The second-order valence-electron chi connectivity index (χ2n) is 7.62. The molecule has 9 nitrogen and oxygen atoms in total. The number of hydrogen-bond donors (Lipinski definition) is 5. The van der Waals surface area contributed by atoms with Gasteiger partial charge in [0.25, 0.3) is 0 Å². The first-order valence-corrected chi connectivity index (χ1v) is 11.3. The van der Waals surface area contributed by atoms with Crippen molar-refractivity contribution in [3.63, 3.8) is 0 Å². The monoisotopic (exact) mass is 420 g/mol. The Balaban J connectivity index is 1.79. The lowest BCUT2D eigenvalue weighted by molar-refractivity contribution is -0.117. The molecule has 1 aromatic carbocycles. The molecule has 3 rings (SSSR count). The first-order valence-electron chi connectivity index (χ1n) is 9.74. The number of nitrogen functional groups attached to an aromatic ring is 1. The van der Waals surface area contributed by atoms with Gasteiger partial charge < -0.3 is 21.4 Å². The fraction of sp³-hybridized carbons (Fsp3) is 0.474. The van der Waals surface area contributed by atoms with Crippen LogP contribution in [0.15, 0.2) is 29.3 Å². The second-order valence-corrected chi connectivity index (χ2v) is 9.18. The normalized spacial score (nSPS) is 16.3. The maximum Gasteiger partial charge on any atom is 0.246 e. The number of H-pyrrole nitrogens is 1. The summed E-state index contributed by atoms with van der Waals surface area (Å²) >= 11 is 0. The molecule has 0 unspecified atom stereocenters. The number of nitrogens with two attached hydrogens (primary N) is 2. The van der Waals surface area contributed by atoms with Crippen molar-refractivity contribution in [3.8, 4) is 0 Å². The minimum atomic E-state index is -3.86. The molecule has 29 heavy (non-hydrogen) atoms.